The summed E-state index contributed by atoms with van der Waals surface area (Å²) in [5, 5.41) is 4.98. The van der Waals surface area contributed by atoms with E-state index in [0.717, 1.165) is 5.15 Å². The number of hydrogen-bond donors (Lipinski definition) is 0. The van der Waals surface area contributed by atoms with Crippen molar-refractivity contribution in [3.8, 4) is 0 Å². The third kappa shape index (κ3) is 1.06. The first-order chi connectivity index (χ1) is 5.61. The molecule has 0 aromatic carbocycles. The van der Waals surface area contributed by atoms with Gasteiger partial charge in [-0.1, -0.05) is 25.4 Å². The molecule has 1 unspecified atom stereocenters. The average molecular weight is 185 g/mol. The lowest BCUT2D eigenvalue weighted by Gasteiger charge is -2.44. The molecule has 0 N–H and O–H groups in total. The van der Waals surface area contributed by atoms with Gasteiger partial charge >= 0.3 is 0 Å². The Kier molecular flexibility index (Phi) is 1.69. The highest BCUT2D eigenvalue weighted by Crippen LogP contribution is 2.49. The standard InChI is InChI=1S/C9H13ClN2/c1-9(2)5-3-7(9)12-8(10)4-6-11-12/h4,6-7H,3,5H2,1-2H3. The summed E-state index contributed by atoms with van der Waals surface area (Å²) in [6.45, 7) is 4.53. The Hall–Kier alpha value is -0.500. The molecule has 2 rings (SSSR count). The third-order valence-corrected chi connectivity index (χ3v) is 3.18. The molecule has 0 amide bonds. The van der Waals surface area contributed by atoms with E-state index in [1.54, 1.807) is 6.20 Å². The van der Waals surface area contributed by atoms with Crippen LogP contribution in [0.3, 0.4) is 0 Å². The van der Waals surface area contributed by atoms with Gasteiger partial charge in [-0.05, 0) is 24.3 Å². The summed E-state index contributed by atoms with van der Waals surface area (Å²) in [4.78, 5) is 0. The summed E-state index contributed by atoms with van der Waals surface area (Å²) in [6, 6.07) is 2.34. The first-order valence-corrected chi connectivity index (χ1v) is 4.68. The molecule has 1 saturated carbocycles. The molecule has 1 aromatic heterocycles. The van der Waals surface area contributed by atoms with E-state index in [1.165, 1.54) is 12.8 Å². The fraction of sp³-hybridized carbons (Fsp3) is 0.667. The van der Waals surface area contributed by atoms with Crippen molar-refractivity contribution in [2.75, 3.05) is 0 Å². The lowest BCUT2D eigenvalue weighted by atomic mass is 9.67. The SMILES string of the molecule is CC1(C)CCC1n1nccc1Cl. The van der Waals surface area contributed by atoms with E-state index in [9.17, 15) is 0 Å². The van der Waals surface area contributed by atoms with Crippen LogP contribution in [0.2, 0.25) is 5.15 Å². The number of aromatic nitrogens is 2. The van der Waals surface area contributed by atoms with Gasteiger partial charge in [-0.2, -0.15) is 5.10 Å². The van der Waals surface area contributed by atoms with Crippen molar-refractivity contribution in [2.45, 2.75) is 32.7 Å². The molecule has 1 fully saturated rings. The van der Waals surface area contributed by atoms with E-state index in [2.05, 4.69) is 18.9 Å². The first kappa shape index (κ1) is 8.11. The van der Waals surface area contributed by atoms with E-state index < -0.39 is 0 Å². The van der Waals surface area contributed by atoms with Crippen LogP contribution in [0.15, 0.2) is 12.3 Å². The first-order valence-electron chi connectivity index (χ1n) is 4.30. The van der Waals surface area contributed by atoms with Crippen molar-refractivity contribution in [3.63, 3.8) is 0 Å². The highest BCUT2D eigenvalue weighted by atomic mass is 35.5. The fourth-order valence-corrected chi connectivity index (χ4v) is 2.05. The summed E-state index contributed by atoms with van der Waals surface area (Å²) < 4.78 is 1.94. The molecular weight excluding hydrogens is 172 g/mol. The molecule has 0 spiro atoms. The van der Waals surface area contributed by atoms with Crippen molar-refractivity contribution in [1.82, 2.24) is 9.78 Å². The van der Waals surface area contributed by atoms with Crippen LogP contribution in [0, 0.1) is 5.41 Å². The lowest BCUT2D eigenvalue weighted by molar-refractivity contribution is 0.0718. The monoisotopic (exact) mass is 184 g/mol. The molecule has 0 radical (unpaired) electrons. The van der Waals surface area contributed by atoms with Gasteiger partial charge in [-0.3, -0.25) is 4.68 Å². The average Bonchev–Trinajstić information content (AvgIpc) is 2.35. The second-order valence-corrected chi connectivity index (χ2v) is 4.53. The van der Waals surface area contributed by atoms with Crippen LogP contribution in [0.5, 0.6) is 0 Å². The summed E-state index contributed by atoms with van der Waals surface area (Å²) in [5.41, 5.74) is 0.371. The van der Waals surface area contributed by atoms with Gasteiger partial charge in [0, 0.05) is 0 Å². The number of rotatable bonds is 1. The topological polar surface area (TPSA) is 17.8 Å². The Balaban J connectivity index is 2.27. The van der Waals surface area contributed by atoms with Crippen LogP contribution < -0.4 is 0 Å². The molecule has 1 heterocycles. The largest absolute Gasteiger partial charge is 0.250 e. The van der Waals surface area contributed by atoms with Crippen LogP contribution in [-0.4, -0.2) is 9.78 Å². The van der Waals surface area contributed by atoms with Gasteiger partial charge < -0.3 is 0 Å². The highest BCUT2D eigenvalue weighted by molar-refractivity contribution is 6.29. The molecular formula is C9H13ClN2. The van der Waals surface area contributed by atoms with Gasteiger partial charge in [0.2, 0.25) is 0 Å². The molecule has 12 heavy (non-hydrogen) atoms. The molecule has 1 aliphatic rings. The minimum absolute atomic E-state index is 0.371. The summed E-state index contributed by atoms with van der Waals surface area (Å²) in [5.74, 6) is 0. The van der Waals surface area contributed by atoms with E-state index in [-0.39, 0.29) is 0 Å². The smallest absolute Gasteiger partial charge is 0.127 e. The van der Waals surface area contributed by atoms with Crippen LogP contribution in [0.4, 0.5) is 0 Å². The normalized spacial score (nSPS) is 26.8. The van der Waals surface area contributed by atoms with Crippen molar-refractivity contribution < 1.29 is 0 Å². The van der Waals surface area contributed by atoms with Gasteiger partial charge in [0.1, 0.15) is 5.15 Å². The molecule has 0 saturated heterocycles. The molecule has 1 aromatic rings. The maximum Gasteiger partial charge on any atom is 0.127 e. The Bertz CT molecular complexity index is 290. The quantitative estimate of drug-likeness (QED) is 0.657. The summed E-state index contributed by atoms with van der Waals surface area (Å²) >= 11 is 5.98. The highest BCUT2D eigenvalue weighted by Gasteiger charge is 2.40. The molecule has 66 valence electrons. The molecule has 3 heteroatoms. The van der Waals surface area contributed by atoms with E-state index in [0.29, 0.717) is 11.5 Å². The molecule has 2 nitrogen and oxygen atoms in total. The maximum absolute atomic E-state index is 5.98. The van der Waals surface area contributed by atoms with Crippen molar-refractivity contribution >= 4 is 11.6 Å². The Morgan fingerprint density at radius 3 is 2.75 bits per heavy atom. The molecule has 1 atom stereocenters. The fourth-order valence-electron chi connectivity index (χ4n) is 1.83. The van der Waals surface area contributed by atoms with E-state index in [1.807, 2.05) is 10.7 Å². The van der Waals surface area contributed by atoms with Gasteiger partial charge in [0.25, 0.3) is 0 Å². The lowest BCUT2D eigenvalue weighted by Crippen LogP contribution is -2.37. The van der Waals surface area contributed by atoms with Crippen molar-refractivity contribution in [1.29, 1.82) is 0 Å². The molecule has 0 bridgehead atoms. The van der Waals surface area contributed by atoms with Crippen molar-refractivity contribution in [3.05, 3.63) is 17.4 Å². The Labute approximate surface area is 77.5 Å². The molecule has 0 aliphatic heterocycles. The predicted octanol–water partition coefficient (Wildman–Crippen LogP) is 2.90. The minimum Gasteiger partial charge on any atom is -0.250 e. The zero-order valence-electron chi connectivity index (χ0n) is 7.42. The van der Waals surface area contributed by atoms with Crippen LogP contribution in [0.25, 0.3) is 0 Å². The minimum atomic E-state index is 0.371. The predicted molar refractivity (Wildman–Crippen MR) is 49.3 cm³/mol. The van der Waals surface area contributed by atoms with Gasteiger partial charge in [-0.25, -0.2) is 0 Å². The zero-order valence-corrected chi connectivity index (χ0v) is 8.17. The summed E-state index contributed by atoms with van der Waals surface area (Å²) in [7, 11) is 0. The van der Waals surface area contributed by atoms with Gasteiger partial charge in [0.15, 0.2) is 0 Å². The Morgan fingerprint density at radius 1 is 1.67 bits per heavy atom. The number of hydrogen-bond acceptors (Lipinski definition) is 1. The third-order valence-electron chi connectivity index (χ3n) is 2.88. The molecule has 1 aliphatic carbocycles. The second kappa shape index (κ2) is 2.49. The number of nitrogens with zero attached hydrogens (tertiary/aromatic N) is 2. The summed E-state index contributed by atoms with van der Waals surface area (Å²) in [6.07, 6.45) is 4.24. The second-order valence-electron chi connectivity index (χ2n) is 4.14. The van der Waals surface area contributed by atoms with Gasteiger partial charge in [0.05, 0.1) is 12.2 Å². The van der Waals surface area contributed by atoms with E-state index in [4.69, 9.17) is 11.6 Å². The van der Waals surface area contributed by atoms with Gasteiger partial charge in [-0.15, -0.1) is 0 Å². The Morgan fingerprint density at radius 2 is 2.42 bits per heavy atom. The zero-order chi connectivity index (χ0) is 8.77. The van der Waals surface area contributed by atoms with Crippen LogP contribution in [0.1, 0.15) is 32.7 Å². The van der Waals surface area contributed by atoms with E-state index >= 15 is 0 Å². The maximum atomic E-state index is 5.98. The van der Waals surface area contributed by atoms with Crippen LogP contribution in [-0.2, 0) is 0 Å². The van der Waals surface area contributed by atoms with Crippen molar-refractivity contribution in [2.24, 2.45) is 5.41 Å². The number of halogens is 1. The van der Waals surface area contributed by atoms with Crippen LogP contribution >= 0.6 is 11.6 Å².